The van der Waals surface area contributed by atoms with Gasteiger partial charge < -0.3 is 14.2 Å². The van der Waals surface area contributed by atoms with Gasteiger partial charge >= 0.3 is 0 Å². The molecule has 7 nitrogen and oxygen atoms in total. The summed E-state index contributed by atoms with van der Waals surface area (Å²) >= 11 is 0. The number of hydrogen-bond acceptors (Lipinski definition) is 5. The molecule has 1 aliphatic rings. The molecule has 2 aromatic heterocycles. The Labute approximate surface area is 199 Å². The number of aromatic nitrogens is 4. The zero-order valence-corrected chi connectivity index (χ0v) is 20.1. The Kier molecular flexibility index (Phi) is 6.09. The highest BCUT2D eigenvalue weighted by Crippen LogP contribution is 2.29. The number of benzene rings is 2. The minimum absolute atomic E-state index is 0.0668. The Morgan fingerprint density at radius 2 is 1.82 bits per heavy atom. The first-order chi connectivity index (χ1) is 16.6. The average Bonchev–Trinajstić information content (AvgIpc) is 3.24. The Morgan fingerprint density at radius 3 is 2.56 bits per heavy atom. The second-order valence-corrected chi connectivity index (χ2v) is 9.17. The largest absolute Gasteiger partial charge is 0.496 e. The molecule has 0 aliphatic carbocycles. The van der Waals surface area contributed by atoms with Crippen LogP contribution in [0.1, 0.15) is 38.7 Å². The third kappa shape index (κ3) is 4.06. The molecule has 0 amide bonds. The molecule has 5 rings (SSSR count). The van der Waals surface area contributed by atoms with Crippen LogP contribution >= 0.6 is 0 Å². The van der Waals surface area contributed by atoms with Gasteiger partial charge in [0.05, 0.1) is 13.7 Å². The van der Waals surface area contributed by atoms with Gasteiger partial charge in [0.15, 0.2) is 11.2 Å². The van der Waals surface area contributed by atoms with Gasteiger partial charge in [-0.15, -0.1) is 0 Å². The number of fused-ring (bicyclic) bond motifs is 2. The van der Waals surface area contributed by atoms with Gasteiger partial charge in [-0.2, -0.15) is 4.98 Å². The summed E-state index contributed by atoms with van der Waals surface area (Å²) in [4.78, 5) is 25.5. The van der Waals surface area contributed by atoms with Crippen molar-refractivity contribution in [3.05, 3.63) is 70.3 Å². The second kappa shape index (κ2) is 9.33. The number of ether oxygens (including phenoxy) is 1. The van der Waals surface area contributed by atoms with Gasteiger partial charge in [-0.3, -0.25) is 9.36 Å². The summed E-state index contributed by atoms with van der Waals surface area (Å²) in [5.74, 6) is 1.68. The Hall–Kier alpha value is -3.61. The molecule has 7 heteroatoms. The maximum absolute atomic E-state index is 13.8. The average molecular weight is 458 g/mol. The van der Waals surface area contributed by atoms with E-state index in [-0.39, 0.29) is 5.56 Å². The van der Waals surface area contributed by atoms with Crippen molar-refractivity contribution < 1.29 is 4.74 Å². The van der Waals surface area contributed by atoms with E-state index < -0.39 is 0 Å². The van der Waals surface area contributed by atoms with Crippen LogP contribution in [-0.2, 0) is 13.1 Å². The number of imidazole rings is 1. The van der Waals surface area contributed by atoms with Crippen molar-refractivity contribution in [3.63, 3.8) is 0 Å². The van der Waals surface area contributed by atoms with Crippen molar-refractivity contribution in [2.24, 2.45) is 0 Å². The van der Waals surface area contributed by atoms with E-state index in [0.29, 0.717) is 24.3 Å². The molecule has 0 spiro atoms. The van der Waals surface area contributed by atoms with E-state index in [4.69, 9.17) is 9.72 Å². The van der Waals surface area contributed by atoms with E-state index in [1.165, 1.54) is 12.0 Å². The lowest BCUT2D eigenvalue weighted by molar-refractivity contribution is 0.419. The van der Waals surface area contributed by atoms with Crippen LogP contribution in [0.2, 0.25) is 0 Å². The zero-order valence-electron chi connectivity index (χ0n) is 20.1. The Bertz CT molecular complexity index is 1420. The first-order valence-electron chi connectivity index (χ1n) is 12.0. The maximum Gasteiger partial charge on any atom is 0.279 e. The fourth-order valence-corrected chi connectivity index (χ4v) is 4.77. The number of anilines is 1. The number of nitrogens with zero attached hydrogens (tertiary/aromatic N) is 5. The van der Waals surface area contributed by atoms with Gasteiger partial charge in [-0.05, 0) is 50.1 Å². The first kappa shape index (κ1) is 22.2. The predicted molar refractivity (Wildman–Crippen MR) is 137 cm³/mol. The maximum atomic E-state index is 13.8. The molecule has 4 aromatic rings. The molecule has 0 N–H and O–H groups in total. The predicted octanol–water partition coefficient (Wildman–Crippen LogP) is 4.76. The van der Waals surface area contributed by atoms with E-state index >= 15 is 0 Å². The molecule has 3 heterocycles. The van der Waals surface area contributed by atoms with E-state index in [9.17, 15) is 4.79 Å². The minimum Gasteiger partial charge on any atom is -0.496 e. The SMILES string of the molecule is COc1ccc(Cn2cnc3nc(N4CCCCC4)n(CC=C(C)C)c3c2=O)c2ccccc12. The van der Waals surface area contributed by atoms with Gasteiger partial charge in [0.25, 0.3) is 5.56 Å². The standard InChI is InChI=1S/C27H31N5O2/c1-19(2)13-16-32-24-25(29-27(32)30-14-7-4-8-15-30)28-18-31(26(24)33)17-20-11-12-23(34-3)22-10-6-5-9-21(20)22/h5-6,9-13,18H,4,7-8,14-17H2,1-3H3. The smallest absolute Gasteiger partial charge is 0.279 e. The number of piperidine rings is 1. The third-order valence-electron chi connectivity index (χ3n) is 6.57. The van der Waals surface area contributed by atoms with Crippen molar-refractivity contribution in [2.75, 3.05) is 25.1 Å². The van der Waals surface area contributed by atoms with Gasteiger partial charge in [-0.25, -0.2) is 4.98 Å². The quantitative estimate of drug-likeness (QED) is 0.391. The second-order valence-electron chi connectivity index (χ2n) is 9.17. The normalized spacial score (nSPS) is 14.0. The van der Waals surface area contributed by atoms with Crippen LogP contribution in [0.25, 0.3) is 21.9 Å². The number of allylic oxidation sites excluding steroid dienone is 2. The molecular formula is C27H31N5O2. The van der Waals surface area contributed by atoms with E-state index in [1.54, 1.807) is 18.0 Å². The van der Waals surface area contributed by atoms with E-state index in [0.717, 1.165) is 54.0 Å². The Balaban J connectivity index is 1.62. The van der Waals surface area contributed by atoms with E-state index in [2.05, 4.69) is 35.9 Å². The topological polar surface area (TPSA) is 65.2 Å². The minimum atomic E-state index is -0.0668. The van der Waals surface area contributed by atoms with Crippen LogP contribution in [0.3, 0.4) is 0 Å². The molecular weight excluding hydrogens is 426 g/mol. The summed E-state index contributed by atoms with van der Waals surface area (Å²) < 4.78 is 9.27. The van der Waals surface area contributed by atoms with Gasteiger partial charge in [0.1, 0.15) is 12.1 Å². The van der Waals surface area contributed by atoms with Crippen molar-refractivity contribution in [2.45, 2.75) is 46.2 Å². The highest BCUT2D eigenvalue weighted by Gasteiger charge is 2.22. The molecule has 0 saturated carbocycles. The summed E-state index contributed by atoms with van der Waals surface area (Å²) in [5.41, 5.74) is 3.27. The van der Waals surface area contributed by atoms with Crippen LogP contribution in [0.4, 0.5) is 5.95 Å². The summed E-state index contributed by atoms with van der Waals surface area (Å²) in [6.07, 6.45) is 7.30. The zero-order chi connectivity index (χ0) is 23.7. The third-order valence-corrected chi connectivity index (χ3v) is 6.57. The lowest BCUT2D eigenvalue weighted by Crippen LogP contribution is -2.32. The van der Waals surface area contributed by atoms with Crippen LogP contribution in [0.15, 0.2) is 59.2 Å². The van der Waals surface area contributed by atoms with E-state index in [1.807, 2.05) is 34.9 Å². The van der Waals surface area contributed by atoms with Gasteiger partial charge in [0.2, 0.25) is 5.95 Å². The van der Waals surface area contributed by atoms with Crippen LogP contribution in [0.5, 0.6) is 5.75 Å². The molecule has 2 aromatic carbocycles. The van der Waals surface area contributed by atoms with Gasteiger partial charge in [-0.1, -0.05) is 42.0 Å². The molecule has 176 valence electrons. The van der Waals surface area contributed by atoms with Crippen molar-refractivity contribution >= 4 is 27.9 Å². The molecule has 0 bridgehead atoms. The van der Waals surface area contributed by atoms with Gasteiger partial charge in [0, 0.05) is 25.0 Å². The number of hydrogen-bond donors (Lipinski definition) is 0. The number of rotatable bonds is 6. The van der Waals surface area contributed by atoms with Crippen LogP contribution in [-0.4, -0.2) is 39.3 Å². The summed E-state index contributed by atoms with van der Waals surface area (Å²) in [7, 11) is 1.68. The molecule has 1 aliphatic heterocycles. The first-order valence-corrected chi connectivity index (χ1v) is 12.0. The summed E-state index contributed by atoms with van der Waals surface area (Å²) in [6, 6.07) is 12.1. The molecule has 0 atom stereocenters. The summed E-state index contributed by atoms with van der Waals surface area (Å²) in [5, 5.41) is 2.10. The Morgan fingerprint density at radius 1 is 1.06 bits per heavy atom. The summed E-state index contributed by atoms with van der Waals surface area (Å²) in [6.45, 7) is 7.11. The van der Waals surface area contributed by atoms with Crippen molar-refractivity contribution in [1.29, 1.82) is 0 Å². The lowest BCUT2D eigenvalue weighted by Gasteiger charge is -2.28. The fourth-order valence-electron chi connectivity index (χ4n) is 4.77. The lowest BCUT2D eigenvalue weighted by atomic mass is 10.0. The van der Waals surface area contributed by atoms with Crippen molar-refractivity contribution in [3.8, 4) is 5.75 Å². The van der Waals surface area contributed by atoms with Crippen molar-refractivity contribution in [1.82, 2.24) is 19.1 Å². The number of methoxy groups -OCH3 is 1. The fraction of sp³-hybridized carbons (Fsp3) is 0.370. The molecule has 0 unspecified atom stereocenters. The molecule has 1 saturated heterocycles. The highest BCUT2D eigenvalue weighted by molar-refractivity contribution is 5.91. The molecule has 0 radical (unpaired) electrons. The highest BCUT2D eigenvalue weighted by atomic mass is 16.5. The monoisotopic (exact) mass is 457 g/mol. The van der Waals surface area contributed by atoms with Crippen LogP contribution in [0, 0.1) is 0 Å². The molecule has 1 fully saturated rings. The van der Waals surface area contributed by atoms with Crippen LogP contribution < -0.4 is 15.2 Å². The molecule has 34 heavy (non-hydrogen) atoms.